The summed E-state index contributed by atoms with van der Waals surface area (Å²) in [7, 11) is 3.95. The second kappa shape index (κ2) is 6.37. The van der Waals surface area contributed by atoms with E-state index in [-0.39, 0.29) is 5.91 Å². The van der Waals surface area contributed by atoms with Crippen LogP contribution in [0, 0.1) is 0 Å². The second-order valence-electron chi connectivity index (χ2n) is 3.68. The Hall–Kier alpha value is -0.390. The topological polar surface area (TPSA) is 32.3 Å². The van der Waals surface area contributed by atoms with Crippen LogP contribution in [0.25, 0.3) is 0 Å². The molecule has 0 bridgehead atoms. The van der Waals surface area contributed by atoms with E-state index in [0.717, 1.165) is 15.5 Å². The lowest BCUT2D eigenvalue weighted by molar-refractivity contribution is 0.0950. The molecule has 0 heterocycles. The lowest BCUT2D eigenvalue weighted by Gasteiger charge is -2.11. The first kappa shape index (κ1) is 13.7. The minimum absolute atomic E-state index is 0.0602. The van der Waals surface area contributed by atoms with Crippen molar-refractivity contribution in [3.8, 4) is 0 Å². The van der Waals surface area contributed by atoms with E-state index < -0.39 is 0 Å². The second-order valence-corrected chi connectivity index (χ2v) is 5.45. The van der Waals surface area contributed by atoms with Crippen molar-refractivity contribution in [3.05, 3.63) is 32.7 Å². The molecule has 0 aliphatic heterocycles. The summed E-state index contributed by atoms with van der Waals surface area (Å²) in [5, 5.41) is 2.87. The fourth-order valence-electron chi connectivity index (χ4n) is 1.16. The van der Waals surface area contributed by atoms with Crippen LogP contribution >= 0.6 is 31.9 Å². The van der Waals surface area contributed by atoms with Gasteiger partial charge in [-0.1, -0.05) is 15.9 Å². The van der Waals surface area contributed by atoms with Crippen LogP contribution in [0.2, 0.25) is 0 Å². The number of likely N-dealkylation sites (N-methyl/N-ethyl adjacent to an activating group) is 1. The molecule has 0 atom stereocenters. The Bertz CT molecular complexity index is 380. The van der Waals surface area contributed by atoms with E-state index in [4.69, 9.17) is 0 Å². The zero-order valence-corrected chi connectivity index (χ0v) is 12.4. The van der Waals surface area contributed by atoms with Gasteiger partial charge in [0.2, 0.25) is 0 Å². The number of amides is 1. The highest BCUT2D eigenvalue weighted by molar-refractivity contribution is 9.11. The van der Waals surface area contributed by atoms with Crippen molar-refractivity contribution >= 4 is 37.8 Å². The number of carbonyl (C=O) groups excluding carboxylic acids is 1. The van der Waals surface area contributed by atoms with Crippen LogP contribution in [0.15, 0.2) is 27.1 Å². The maximum absolute atomic E-state index is 11.8. The Morgan fingerprint density at radius 3 is 2.69 bits per heavy atom. The molecule has 0 saturated heterocycles. The van der Waals surface area contributed by atoms with Crippen LogP contribution in [-0.2, 0) is 0 Å². The van der Waals surface area contributed by atoms with E-state index in [9.17, 15) is 4.79 Å². The van der Waals surface area contributed by atoms with Crippen LogP contribution in [0.5, 0.6) is 0 Å². The molecule has 88 valence electrons. The quantitative estimate of drug-likeness (QED) is 0.905. The minimum atomic E-state index is -0.0602. The van der Waals surface area contributed by atoms with E-state index >= 15 is 0 Å². The molecule has 0 aliphatic rings. The van der Waals surface area contributed by atoms with E-state index in [1.54, 1.807) is 6.07 Å². The molecular weight excluding hydrogens is 336 g/mol. The van der Waals surface area contributed by atoms with Gasteiger partial charge < -0.3 is 10.2 Å². The molecule has 0 spiro atoms. The van der Waals surface area contributed by atoms with Gasteiger partial charge in [0, 0.05) is 22.0 Å². The zero-order valence-electron chi connectivity index (χ0n) is 9.26. The van der Waals surface area contributed by atoms with Gasteiger partial charge in [-0.25, -0.2) is 0 Å². The molecule has 1 aromatic rings. The summed E-state index contributed by atoms with van der Waals surface area (Å²) in [6.07, 6.45) is 0. The molecular formula is C11H14Br2N2O. The fraction of sp³-hybridized carbons (Fsp3) is 0.364. The summed E-state index contributed by atoms with van der Waals surface area (Å²) in [4.78, 5) is 13.8. The van der Waals surface area contributed by atoms with Gasteiger partial charge in [-0.2, -0.15) is 0 Å². The lowest BCUT2D eigenvalue weighted by Crippen LogP contribution is -2.31. The molecule has 0 fully saturated rings. The molecule has 1 aromatic carbocycles. The lowest BCUT2D eigenvalue weighted by atomic mass is 10.2. The summed E-state index contributed by atoms with van der Waals surface area (Å²) < 4.78 is 1.70. The highest BCUT2D eigenvalue weighted by Crippen LogP contribution is 2.21. The van der Waals surface area contributed by atoms with Gasteiger partial charge in [0.25, 0.3) is 5.91 Å². The van der Waals surface area contributed by atoms with Gasteiger partial charge in [-0.15, -0.1) is 0 Å². The molecule has 1 N–H and O–H groups in total. The van der Waals surface area contributed by atoms with Gasteiger partial charge in [0.05, 0.1) is 5.56 Å². The van der Waals surface area contributed by atoms with Crippen molar-refractivity contribution in [3.63, 3.8) is 0 Å². The van der Waals surface area contributed by atoms with Gasteiger partial charge in [0.1, 0.15) is 0 Å². The van der Waals surface area contributed by atoms with Crippen LogP contribution in [0.4, 0.5) is 0 Å². The van der Waals surface area contributed by atoms with E-state index in [1.807, 2.05) is 31.1 Å². The monoisotopic (exact) mass is 348 g/mol. The highest BCUT2D eigenvalue weighted by atomic mass is 79.9. The molecule has 0 radical (unpaired) electrons. The van der Waals surface area contributed by atoms with E-state index in [2.05, 4.69) is 37.2 Å². The average molecular weight is 350 g/mol. The number of hydrogen-bond acceptors (Lipinski definition) is 2. The smallest absolute Gasteiger partial charge is 0.252 e. The van der Waals surface area contributed by atoms with Gasteiger partial charge in [-0.3, -0.25) is 4.79 Å². The van der Waals surface area contributed by atoms with Gasteiger partial charge in [0.15, 0.2) is 0 Å². The first-order valence-corrected chi connectivity index (χ1v) is 6.47. The van der Waals surface area contributed by atoms with Crippen molar-refractivity contribution < 1.29 is 4.79 Å². The van der Waals surface area contributed by atoms with Crippen molar-refractivity contribution in [1.82, 2.24) is 10.2 Å². The Labute approximate surface area is 112 Å². The SMILES string of the molecule is CN(C)CCNC(=O)c1cc(Br)ccc1Br. The fourth-order valence-corrected chi connectivity index (χ4v) is 1.95. The molecule has 5 heteroatoms. The van der Waals surface area contributed by atoms with Crippen LogP contribution in [0.3, 0.4) is 0 Å². The van der Waals surface area contributed by atoms with Crippen molar-refractivity contribution in [2.24, 2.45) is 0 Å². The van der Waals surface area contributed by atoms with Crippen LogP contribution in [-0.4, -0.2) is 38.0 Å². The highest BCUT2D eigenvalue weighted by Gasteiger charge is 2.09. The third-order valence-electron chi connectivity index (χ3n) is 2.02. The summed E-state index contributed by atoms with van der Waals surface area (Å²) in [6, 6.07) is 5.54. The van der Waals surface area contributed by atoms with E-state index in [1.165, 1.54) is 0 Å². The molecule has 0 aromatic heterocycles. The first-order valence-electron chi connectivity index (χ1n) is 4.88. The number of halogens is 2. The van der Waals surface area contributed by atoms with E-state index in [0.29, 0.717) is 12.1 Å². The zero-order chi connectivity index (χ0) is 12.1. The Morgan fingerprint density at radius 1 is 1.38 bits per heavy atom. The Kier molecular flexibility index (Phi) is 5.44. The molecule has 16 heavy (non-hydrogen) atoms. The number of benzene rings is 1. The molecule has 0 unspecified atom stereocenters. The normalized spacial score (nSPS) is 10.6. The number of nitrogens with zero attached hydrogens (tertiary/aromatic N) is 1. The first-order chi connectivity index (χ1) is 7.50. The number of carbonyl (C=O) groups is 1. The molecule has 0 saturated carbocycles. The van der Waals surface area contributed by atoms with Crippen molar-refractivity contribution in [2.75, 3.05) is 27.2 Å². The largest absolute Gasteiger partial charge is 0.351 e. The maximum Gasteiger partial charge on any atom is 0.252 e. The maximum atomic E-state index is 11.8. The van der Waals surface area contributed by atoms with Gasteiger partial charge in [-0.05, 0) is 48.2 Å². The number of nitrogens with one attached hydrogen (secondary N) is 1. The predicted octanol–water partition coefficient (Wildman–Crippen LogP) is 2.50. The standard InChI is InChI=1S/C11H14Br2N2O/c1-15(2)6-5-14-11(16)9-7-8(12)3-4-10(9)13/h3-4,7H,5-6H2,1-2H3,(H,14,16). The van der Waals surface area contributed by atoms with Crippen LogP contribution < -0.4 is 5.32 Å². The number of hydrogen-bond donors (Lipinski definition) is 1. The van der Waals surface area contributed by atoms with Crippen molar-refractivity contribution in [1.29, 1.82) is 0 Å². The Balaban J connectivity index is 2.62. The number of rotatable bonds is 4. The van der Waals surface area contributed by atoms with Crippen molar-refractivity contribution in [2.45, 2.75) is 0 Å². The molecule has 3 nitrogen and oxygen atoms in total. The predicted molar refractivity (Wildman–Crippen MR) is 72.7 cm³/mol. The average Bonchev–Trinajstić information content (AvgIpc) is 2.21. The Morgan fingerprint density at radius 2 is 2.06 bits per heavy atom. The third-order valence-corrected chi connectivity index (χ3v) is 3.20. The van der Waals surface area contributed by atoms with Crippen LogP contribution in [0.1, 0.15) is 10.4 Å². The summed E-state index contributed by atoms with van der Waals surface area (Å²) in [5.74, 6) is -0.0602. The summed E-state index contributed by atoms with van der Waals surface area (Å²) in [5.41, 5.74) is 0.646. The summed E-state index contributed by atoms with van der Waals surface area (Å²) in [6.45, 7) is 1.47. The van der Waals surface area contributed by atoms with Gasteiger partial charge >= 0.3 is 0 Å². The molecule has 1 rings (SSSR count). The minimum Gasteiger partial charge on any atom is -0.351 e. The molecule has 0 aliphatic carbocycles. The molecule has 1 amide bonds. The third kappa shape index (κ3) is 4.23. The summed E-state index contributed by atoms with van der Waals surface area (Å²) >= 11 is 6.71.